The molecule has 0 aromatic carbocycles. The predicted octanol–water partition coefficient (Wildman–Crippen LogP) is -10.8. The van der Waals surface area contributed by atoms with Gasteiger partial charge in [-0.05, 0) is 12.8 Å². The molecule has 16 heteroatoms. The van der Waals surface area contributed by atoms with Crippen LogP contribution in [0.15, 0.2) is 0 Å². The molecule has 22 heavy (non-hydrogen) atoms. The minimum absolute atomic E-state index is 0. The predicted molar refractivity (Wildman–Crippen MR) is 57.9 cm³/mol. The van der Waals surface area contributed by atoms with E-state index < -0.39 is 15.6 Å². The fourth-order valence-electron chi connectivity index (χ4n) is 1.31. The number of rotatable bonds is 2. The molecule has 0 amide bonds. The van der Waals surface area contributed by atoms with Crippen molar-refractivity contribution in [3.8, 4) is 0 Å². The molecule has 1 fully saturated rings. The van der Waals surface area contributed by atoms with E-state index in [0.717, 1.165) is 12.8 Å². The number of hydrogen-bond donors (Lipinski definition) is 2. The first-order valence-corrected chi connectivity index (χ1v) is 7.70. The van der Waals surface area contributed by atoms with E-state index in [1.807, 2.05) is 0 Å². The molecular formula is C6H18N2Na2O9P2Pt. The van der Waals surface area contributed by atoms with Crippen molar-refractivity contribution in [1.29, 1.82) is 0 Å². The van der Waals surface area contributed by atoms with Gasteiger partial charge in [0, 0.05) is 12.1 Å². The van der Waals surface area contributed by atoms with Crippen LogP contribution in [0.2, 0.25) is 0 Å². The molecule has 0 aromatic rings. The largest absolute Gasteiger partial charge is 2.00 e. The van der Waals surface area contributed by atoms with Crippen molar-refractivity contribution in [3.05, 3.63) is 0 Å². The summed E-state index contributed by atoms with van der Waals surface area (Å²) in [5.74, 6) is 0. The van der Waals surface area contributed by atoms with Gasteiger partial charge in [-0.25, -0.2) is 0 Å². The summed E-state index contributed by atoms with van der Waals surface area (Å²) < 4.78 is 21.2. The van der Waals surface area contributed by atoms with E-state index in [1.165, 1.54) is 12.8 Å². The van der Waals surface area contributed by atoms with E-state index >= 15 is 0 Å². The summed E-state index contributed by atoms with van der Waals surface area (Å²) in [6.45, 7) is 0. The standard InChI is InChI=1S/C6H14N2.2Na.H4O7P2.2H2O.Pt/c7-5-3-1-2-4-6(5)8;;;1-8(2,3)7-9(4,5)6;;;/h5-6H,1-4,7-8H2;;;(H2,1,2,3)(H2,4,5,6);2*1H2;/q;2*+1;;;;+2/p-4/t5-,6-;;;;;;/m1....../s1. The molecule has 1 aliphatic carbocycles. The average Bonchev–Trinajstić information content (AvgIpc) is 2.04. The van der Waals surface area contributed by atoms with Crippen molar-refractivity contribution in [1.82, 2.24) is 0 Å². The first kappa shape index (κ1) is 39.7. The first-order chi connectivity index (χ1) is 7.51. The minimum Gasteiger partial charge on any atom is -0.790 e. The van der Waals surface area contributed by atoms with E-state index in [1.54, 1.807) is 0 Å². The molecular weight excluding hydrogens is 547 g/mol. The van der Waals surface area contributed by atoms with Gasteiger partial charge in [0.25, 0.3) is 0 Å². The zero-order valence-electron chi connectivity index (χ0n) is 12.2. The van der Waals surface area contributed by atoms with Gasteiger partial charge >= 0.3 is 80.2 Å². The third-order valence-electron chi connectivity index (χ3n) is 2.07. The molecule has 1 aliphatic rings. The van der Waals surface area contributed by atoms with Gasteiger partial charge in [0.15, 0.2) is 0 Å². The van der Waals surface area contributed by atoms with Crippen LogP contribution in [0.3, 0.4) is 0 Å². The smallest absolute Gasteiger partial charge is 0.790 e. The maximum Gasteiger partial charge on any atom is 2.00 e. The summed E-state index contributed by atoms with van der Waals surface area (Å²) in [6, 6.07) is 0.562. The SMILES string of the molecule is N[C@@H]1CCCC[C@H]1N.O.O.O=P([O-])([O-])OP(=O)([O-])[O-].[Na+].[Na+].[Pt+2]. The molecule has 1 rings (SSSR count). The third-order valence-corrected chi connectivity index (χ3v) is 3.67. The van der Waals surface area contributed by atoms with Crippen LogP contribution in [-0.2, 0) is 34.5 Å². The quantitative estimate of drug-likeness (QED) is 0.238. The Kier molecular flexibility index (Phi) is 33.6. The molecule has 0 bridgehead atoms. The van der Waals surface area contributed by atoms with Crippen LogP contribution in [0.4, 0.5) is 0 Å². The second-order valence-electron chi connectivity index (χ2n) is 3.59. The molecule has 0 aliphatic heterocycles. The van der Waals surface area contributed by atoms with Crippen LogP contribution in [0, 0.1) is 0 Å². The normalized spacial score (nSPS) is 20.1. The second kappa shape index (κ2) is 18.6. The molecule has 0 heterocycles. The van der Waals surface area contributed by atoms with Gasteiger partial charge in [-0.15, -0.1) is 0 Å². The molecule has 128 valence electrons. The van der Waals surface area contributed by atoms with Crippen LogP contribution in [0.1, 0.15) is 25.7 Å². The number of hydrogen-bond acceptors (Lipinski definition) is 9. The Morgan fingerprint density at radius 2 is 1.05 bits per heavy atom. The molecule has 0 saturated heterocycles. The summed E-state index contributed by atoms with van der Waals surface area (Å²) in [5.41, 5.74) is 11.3. The van der Waals surface area contributed by atoms with E-state index in [9.17, 15) is 28.7 Å². The summed E-state index contributed by atoms with van der Waals surface area (Å²) in [7, 11) is -11.4. The van der Waals surface area contributed by atoms with Crippen LogP contribution >= 0.6 is 15.6 Å². The zero-order valence-corrected chi connectivity index (χ0v) is 20.3. The monoisotopic (exact) mass is 565 g/mol. The molecule has 0 aromatic heterocycles. The maximum absolute atomic E-state index is 9.32. The van der Waals surface area contributed by atoms with Crippen LogP contribution in [-0.4, -0.2) is 23.0 Å². The third kappa shape index (κ3) is 27.6. The zero-order chi connectivity index (χ0) is 13.7. The Morgan fingerprint density at radius 1 is 0.818 bits per heavy atom. The van der Waals surface area contributed by atoms with Crippen molar-refractivity contribution in [2.75, 3.05) is 0 Å². The Morgan fingerprint density at radius 3 is 1.14 bits per heavy atom. The molecule has 11 nitrogen and oxygen atoms in total. The molecule has 0 spiro atoms. The topological polar surface area (TPSA) is 251 Å². The number of nitrogens with two attached hydrogens (primary N) is 2. The van der Waals surface area contributed by atoms with Crippen LogP contribution in [0.5, 0.6) is 0 Å². The maximum atomic E-state index is 9.32. The Hall–Kier alpha value is 2.79. The second-order valence-corrected chi connectivity index (χ2v) is 6.03. The van der Waals surface area contributed by atoms with Crippen molar-refractivity contribution in [3.63, 3.8) is 0 Å². The van der Waals surface area contributed by atoms with Crippen molar-refractivity contribution >= 4 is 15.6 Å². The fourth-order valence-corrected chi connectivity index (χ4v) is 2.29. The summed E-state index contributed by atoms with van der Waals surface area (Å²) >= 11 is 0. The van der Waals surface area contributed by atoms with Gasteiger partial charge < -0.3 is 55.4 Å². The van der Waals surface area contributed by atoms with Gasteiger partial charge in [-0.3, -0.25) is 0 Å². The Bertz CT molecular complexity index is 301. The van der Waals surface area contributed by atoms with E-state index in [4.69, 9.17) is 11.5 Å². The van der Waals surface area contributed by atoms with Crippen LogP contribution < -0.4 is 90.2 Å². The summed E-state index contributed by atoms with van der Waals surface area (Å²) in [6.07, 6.45) is 4.80. The molecule has 0 radical (unpaired) electrons. The molecule has 0 unspecified atom stereocenters. The van der Waals surface area contributed by atoms with E-state index in [2.05, 4.69) is 4.31 Å². The molecule has 2 atom stereocenters. The van der Waals surface area contributed by atoms with E-state index in [0.29, 0.717) is 0 Å². The van der Waals surface area contributed by atoms with Gasteiger partial charge in [0.1, 0.15) is 0 Å². The average molecular weight is 565 g/mol. The Labute approximate surface area is 187 Å². The summed E-state index contributed by atoms with van der Waals surface area (Å²) in [4.78, 5) is 37.3. The van der Waals surface area contributed by atoms with Crippen LogP contribution in [0.25, 0.3) is 0 Å². The fraction of sp³-hybridized carbons (Fsp3) is 1.00. The summed E-state index contributed by atoms with van der Waals surface area (Å²) in [5, 5.41) is 0. The van der Waals surface area contributed by atoms with E-state index in [-0.39, 0.29) is 103 Å². The molecule has 1 saturated carbocycles. The molecule has 8 N–H and O–H groups in total. The van der Waals surface area contributed by atoms with Crippen molar-refractivity contribution in [2.24, 2.45) is 11.5 Å². The van der Waals surface area contributed by atoms with Crippen molar-refractivity contribution < 1.29 is 124 Å². The van der Waals surface area contributed by atoms with Gasteiger partial charge in [0.2, 0.25) is 0 Å². The first-order valence-electron chi connectivity index (χ1n) is 4.78. The van der Waals surface area contributed by atoms with Gasteiger partial charge in [-0.1, -0.05) is 12.8 Å². The number of phosphoric acid groups is 2. The Balaban J connectivity index is -0.0000000475. The van der Waals surface area contributed by atoms with Gasteiger partial charge in [-0.2, -0.15) is 0 Å². The van der Waals surface area contributed by atoms with Gasteiger partial charge in [0.05, 0.1) is 15.6 Å². The minimum atomic E-state index is -5.68. The van der Waals surface area contributed by atoms with Crippen molar-refractivity contribution in [2.45, 2.75) is 37.8 Å².